The summed E-state index contributed by atoms with van der Waals surface area (Å²) in [4.78, 5) is 2.60. The first-order chi connectivity index (χ1) is 10.2. The zero-order valence-electron chi connectivity index (χ0n) is 12.7. The van der Waals surface area contributed by atoms with Crippen molar-refractivity contribution >= 4 is 29.0 Å². The van der Waals surface area contributed by atoms with Crippen molar-refractivity contribution in [2.75, 3.05) is 13.1 Å². The third kappa shape index (κ3) is 4.99. The van der Waals surface area contributed by atoms with E-state index in [0.29, 0.717) is 0 Å². The predicted molar refractivity (Wildman–Crippen MR) is 96.2 cm³/mol. The molecule has 0 saturated heterocycles. The Morgan fingerprint density at radius 2 is 1.90 bits per heavy atom. The molecule has 112 valence electrons. The maximum Gasteiger partial charge on any atom is 0.0406 e. The summed E-state index contributed by atoms with van der Waals surface area (Å²) >= 11 is 7.77. The van der Waals surface area contributed by atoms with E-state index in [0.717, 1.165) is 24.5 Å². The van der Waals surface area contributed by atoms with Crippen LogP contribution in [0, 0.1) is 0 Å². The summed E-state index contributed by atoms with van der Waals surface area (Å²) in [6.45, 7) is 6.48. The minimum absolute atomic E-state index is 0.783. The van der Waals surface area contributed by atoms with Crippen LogP contribution in [0.3, 0.4) is 0 Å². The lowest BCUT2D eigenvalue weighted by atomic mass is 10.1. The Kier molecular flexibility index (Phi) is 6.50. The molecule has 2 rings (SSSR count). The van der Waals surface area contributed by atoms with Gasteiger partial charge in [0.05, 0.1) is 0 Å². The van der Waals surface area contributed by atoms with Gasteiger partial charge in [-0.1, -0.05) is 43.2 Å². The number of rotatable bonds is 7. The average Bonchev–Trinajstić information content (AvgIpc) is 2.95. The van der Waals surface area contributed by atoms with Crippen molar-refractivity contribution < 1.29 is 0 Å². The van der Waals surface area contributed by atoms with Gasteiger partial charge in [0.15, 0.2) is 0 Å². The first-order valence-electron chi connectivity index (χ1n) is 7.49. The Morgan fingerprint density at radius 1 is 1.14 bits per heavy atom. The highest BCUT2D eigenvalue weighted by atomic mass is 35.5. The molecule has 1 nitrogen and oxygen atoms in total. The standard InChI is InChI=1S/C18H22ClNS/c1-3-11-20-13-14(4-2)12-17-9-10-18(21-17)15-5-7-16(19)8-6-15/h5-10,12,20H,3-4,11,13H2,1-2H3. The number of hydrogen-bond acceptors (Lipinski definition) is 2. The molecular weight excluding hydrogens is 298 g/mol. The molecule has 1 aromatic heterocycles. The van der Waals surface area contributed by atoms with Gasteiger partial charge in [-0.2, -0.15) is 0 Å². The van der Waals surface area contributed by atoms with E-state index in [1.54, 1.807) is 0 Å². The van der Waals surface area contributed by atoms with Crippen molar-refractivity contribution in [1.29, 1.82) is 0 Å². The summed E-state index contributed by atoms with van der Waals surface area (Å²) in [5, 5.41) is 4.26. The van der Waals surface area contributed by atoms with Crippen LogP contribution in [0.4, 0.5) is 0 Å². The second-order valence-corrected chi connectivity index (χ2v) is 6.59. The van der Waals surface area contributed by atoms with E-state index in [1.807, 2.05) is 23.5 Å². The molecule has 1 N–H and O–H groups in total. The molecule has 0 radical (unpaired) electrons. The van der Waals surface area contributed by atoms with E-state index in [1.165, 1.54) is 27.3 Å². The molecule has 0 unspecified atom stereocenters. The molecule has 0 aliphatic rings. The van der Waals surface area contributed by atoms with Gasteiger partial charge in [0.1, 0.15) is 0 Å². The zero-order chi connectivity index (χ0) is 15.1. The fraction of sp³-hybridized carbons (Fsp3) is 0.333. The van der Waals surface area contributed by atoms with E-state index >= 15 is 0 Å². The topological polar surface area (TPSA) is 12.0 Å². The number of thiophene rings is 1. The van der Waals surface area contributed by atoms with Crippen molar-refractivity contribution in [3.63, 3.8) is 0 Å². The third-order valence-electron chi connectivity index (χ3n) is 3.33. The summed E-state index contributed by atoms with van der Waals surface area (Å²) in [5.74, 6) is 0. The maximum atomic E-state index is 5.94. The van der Waals surface area contributed by atoms with Gasteiger partial charge in [-0.3, -0.25) is 0 Å². The normalized spacial score (nSPS) is 11.9. The summed E-state index contributed by atoms with van der Waals surface area (Å²) in [6.07, 6.45) is 4.58. The monoisotopic (exact) mass is 319 g/mol. The van der Waals surface area contributed by atoms with Crippen LogP contribution in [0.15, 0.2) is 42.0 Å². The Hall–Kier alpha value is -1.09. The van der Waals surface area contributed by atoms with Crippen LogP contribution in [0.5, 0.6) is 0 Å². The van der Waals surface area contributed by atoms with E-state index in [9.17, 15) is 0 Å². The van der Waals surface area contributed by atoms with Gasteiger partial charge in [-0.15, -0.1) is 11.3 Å². The first kappa shape index (κ1) is 16.3. The molecule has 3 heteroatoms. The molecule has 21 heavy (non-hydrogen) atoms. The summed E-state index contributed by atoms with van der Waals surface area (Å²) in [5.41, 5.74) is 2.68. The molecule has 0 aliphatic heterocycles. The molecule has 0 aliphatic carbocycles. The highest BCUT2D eigenvalue weighted by molar-refractivity contribution is 7.16. The van der Waals surface area contributed by atoms with Gasteiger partial charge in [-0.05, 0) is 55.3 Å². The number of halogens is 1. The molecule has 0 bridgehead atoms. The highest BCUT2D eigenvalue weighted by Gasteiger charge is 2.03. The molecule has 2 aromatic rings. The molecule has 0 atom stereocenters. The highest BCUT2D eigenvalue weighted by Crippen LogP contribution is 2.30. The first-order valence-corrected chi connectivity index (χ1v) is 8.68. The number of nitrogens with one attached hydrogen (secondary N) is 1. The van der Waals surface area contributed by atoms with Crippen LogP contribution in [-0.4, -0.2) is 13.1 Å². The average molecular weight is 320 g/mol. The maximum absolute atomic E-state index is 5.94. The third-order valence-corrected chi connectivity index (χ3v) is 4.67. The van der Waals surface area contributed by atoms with Gasteiger partial charge in [-0.25, -0.2) is 0 Å². The van der Waals surface area contributed by atoms with E-state index in [-0.39, 0.29) is 0 Å². The van der Waals surface area contributed by atoms with Crippen LogP contribution in [0.2, 0.25) is 5.02 Å². The molecule has 0 amide bonds. The van der Waals surface area contributed by atoms with Crippen LogP contribution >= 0.6 is 22.9 Å². The van der Waals surface area contributed by atoms with Gasteiger partial charge in [0.25, 0.3) is 0 Å². The number of hydrogen-bond donors (Lipinski definition) is 1. The van der Waals surface area contributed by atoms with Crippen molar-refractivity contribution in [2.45, 2.75) is 26.7 Å². The molecule has 0 spiro atoms. The quantitative estimate of drug-likeness (QED) is 0.630. The summed E-state index contributed by atoms with van der Waals surface area (Å²) in [7, 11) is 0. The summed E-state index contributed by atoms with van der Waals surface area (Å²) in [6, 6.07) is 12.4. The van der Waals surface area contributed by atoms with Crippen LogP contribution in [0.25, 0.3) is 16.5 Å². The van der Waals surface area contributed by atoms with Gasteiger partial charge < -0.3 is 5.32 Å². The fourth-order valence-electron chi connectivity index (χ4n) is 2.10. The molecular formula is C18H22ClNS. The van der Waals surface area contributed by atoms with E-state index < -0.39 is 0 Å². The lowest BCUT2D eigenvalue weighted by Gasteiger charge is -2.05. The molecule has 1 aromatic carbocycles. The van der Waals surface area contributed by atoms with Crippen molar-refractivity contribution in [3.05, 3.63) is 51.9 Å². The minimum atomic E-state index is 0.783. The smallest absolute Gasteiger partial charge is 0.0406 e. The van der Waals surface area contributed by atoms with Crippen LogP contribution in [-0.2, 0) is 0 Å². The summed E-state index contributed by atoms with van der Waals surface area (Å²) < 4.78 is 0. The molecule has 0 saturated carbocycles. The Morgan fingerprint density at radius 3 is 2.57 bits per heavy atom. The van der Waals surface area contributed by atoms with Crippen molar-refractivity contribution in [2.24, 2.45) is 0 Å². The van der Waals surface area contributed by atoms with E-state index in [4.69, 9.17) is 11.6 Å². The Balaban J connectivity index is 2.09. The number of benzene rings is 1. The van der Waals surface area contributed by atoms with E-state index in [2.05, 4.69) is 49.5 Å². The van der Waals surface area contributed by atoms with Crippen LogP contribution in [0.1, 0.15) is 31.6 Å². The van der Waals surface area contributed by atoms with Gasteiger partial charge in [0.2, 0.25) is 0 Å². The Bertz CT molecular complexity index is 584. The lowest BCUT2D eigenvalue weighted by Crippen LogP contribution is -2.17. The molecule has 0 fully saturated rings. The van der Waals surface area contributed by atoms with Crippen LogP contribution < -0.4 is 5.32 Å². The van der Waals surface area contributed by atoms with Crippen molar-refractivity contribution in [1.82, 2.24) is 5.32 Å². The lowest BCUT2D eigenvalue weighted by molar-refractivity contribution is 0.706. The fourth-order valence-corrected chi connectivity index (χ4v) is 3.24. The molecule has 1 heterocycles. The second-order valence-electron chi connectivity index (χ2n) is 5.04. The van der Waals surface area contributed by atoms with Gasteiger partial charge in [0, 0.05) is 21.3 Å². The van der Waals surface area contributed by atoms with Gasteiger partial charge >= 0.3 is 0 Å². The van der Waals surface area contributed by atoms with Crippen molar-refractivity contribution in [3.8, 4) is 10.4 Å². The zero-order valence-corrected chi connectivity index (χ0v) is 14.2. The second kappa shape index (κ2) is 8.38. The SMILES string of the molecule is CCCNCC(=Cc1ccc(-c2ccc(Cl)cc2)s1)CC. The largest absolute Gasteiger partial charge is 0.313 e. The Labute approximate surface area is 136 Å². The minimum Gasteiger partial charge on any atom is -0.313 e. The predicted octanol–water partition coefficient (Wildman–Crippen LogP) is 5.86.